The van der Waals surface area contributed by atoms with Gasteiger partial charge in [-0.05, 0) is 48.2 Å². The lowest BCUT2D eigenvalue weighted by Gasteiger charge is -2.18. The number of nitrogens with one attached hydrogen (secondary N) is 1. The fourth-order valence-corrected chi connectivity index (χ4v) is 3.22. The Morgan fingerprint density at radius 2 is 1.46 bits per heavy atom. The third-order valence-electron chi connectivity index (χ3n) is 4.96. The zero-order valence-electron chi connectivity index (χ0n) is 16.5. The summed E-state index contributed by atoms with van der Waals surface area (Å²) in [5.41, 5.74) is 4.74. The molecule has 0 aromatic heterocycles. The van der Waals surface area contributed by atoms with Crippen LogP contribution in [-0.4, -0.2) is 19.1 Å². The second-order valence-electron chi connectivity index (χ2n) is 7.02. The van der Waals surface area contributed by atoms with Crippen LogP contribution < -0.4 is 10.1 Å². The van der Waals surface area contributed by atoms with Crippen LogP contribution >= 0.6 is 0 Å². The van der Waals surface area contributed by atoms with Crippen LogP contribution in [0.25, 0.3) is 0 Å². The van der Waals surface area contributed by atoms with Crippen molar-refractivity contribution < 1.29 is 9.53 Å². The first kappa shape index (κ1) is 19.7. The standard InChI is InChI=1S/C25H27NO2/c1-19-13-14-23(17-20(19)2)28-16-15-26-25(27)18-24(21-9-5-3-6-10-21)22-11-7-4-8-12-22/h3-14,17,24H,15-16,18H2,1-2H3,(H,26,27). The summed E-state index contributed by atoms with van der Waals surface area (Å²) in [6, 6.07) is 26.4. The first-order chi connectivity index (χ1) is 13.6. The molecule has 0 spiro atoms. The van der Waals surface area contributed by atoms with Crippen molar-refractivity contribution in [1.29, 1.82) is 0 Å². The molecule has 28 heavy (non-hydrogen) atoms. The summed E-state index contributed by atoms with van der Waals surface area (Å²) < 4.78 is 5.75. The van der Waals surface area contributed by atoms with Crippen molar-refractivity contribution >= 4 is 5.91 Å². The van der Waals surface area contributed by atoms with Gasteiger partial charge in [0.15, 0.2) is 0 Å². The molecule has 3 heteroatoms. The largest absolute Gasteiger partial charge is 0.492 e. The van der Waals surface area contributed by atoms with E-state index >= 15 is 0 Å². The number of hydrogen-bond acceptors (Lipinski definition) is 2. The molecule has 3 aromatic rings. The van der Waals surface area contributed by atoms with Crippen LogP contribution in [0.3, 0.4) is 0 Å². The smallest absolute Gasteiger partial charge is 0.221 e. The van der Waals surface area contributed by atoms with Crippen LogP contribution in [0.4, 0.5) is 0 Å². The Balaban J connectivity index is 1.54. The summed E-state index contributed by atoms with van der Waals surface area (Å²) >= 11 is 0. The highest BCUT2D eigenvalue weighted by molar-refractivity contribution is 5.77. The second-order valence-corrected chi connectivity index (χ2v) is 7.02. The molecule has 0 aliphatic heterocycles. The molecule has 0 fully saturated rings. The molecule has 0 radical (unpaired) electrons. The number of benzene rings is 3. The lowest BCUT2D eigenvalue weighted by molar-refractivity contribution is -0.121. The van der Waals surface area contributed by atoms with E-state index in [4.69, 9.17) is 4.74 Å². The molecule has 0 bridgehead atoms. The van der Waals surface area contributed by atoms with Gasteiger partial charge >= 0.3 is 0 Å². The van der Waals surface area contributed by atoms with Gasteiger partial charge in [-0.15, -0.1) is 0 Å². The van der Waals surface area contributed by atoms with Gasteiger partial charge in [0.05, 0.1) is 6.54 Å². The minimum atomic E-state index is 0.0291. The van der Waals surface area contributed by atoms with Crippen LogP contribution in [0.2, 0.25) is 0 Å². The highest BCUT2D eigenvalue weighted by Gasteiger charge is 2.17. The number of hydrogen-bond donors (Lipinski definition) is 1. The average Bonchev–Trinajstić information content (AvgIpc) is 2.73. The van der Waals surface area contributed by atoms with Crippen molar-refractivity contribution in [3.8, 4) is 5.75 Å². The molecule has 1 N–H and O–H groups in total. The van der Waals surface area contributed by atoms with Crippen molar-refractivity contribution in [3.63, 3.8) is 0 Å². The SMILES string of the molecule is Cc1ccc(OCCNC(=O)CC(c2ccccc2)c2ccccc2)cc1C. The van der Waals surface area contributed by atoms with E-state index in [1.807, 2.05) is 54.6 Å². The summed E-state index contributed by atoms with van der Waals surface area (Å²) in [5, 5.41) is 2.98. The maximum atomic E-state index is 12.5. The first-order valence-electron chi connectivity index (χ1n) is 9.70. The van der Waals surface area contributed by atoms with Gasteiger partial charge in [-0.1, -0.05) is 66.7 Å². The third-order valence-corrected chi connectivity index (χ3v) is 4.96. The van der Waals surface area contributed by atoms with E-state index in [0.29, 0.717) is 19.6 Å². The summed E-state index contributed by atoms with van der Waals surface area (Å²) in [6.45, 7) is 5.09. The van der Waals surface area contributed by atoms with E-state index in [1.54, 1.807) is 0 Å². The molecule has 0 aliphatic carbocycles. The lowest BCUT2D eigenvalue weighted by atomic mass is 9.88. The molecule has 3 aromatic carbocycles. The van der Waals surface area contributed by atoms with E-state index in [9.17, 15) is 4.79 Å². The number of aryl methyl sites for hydroxylation is 2. The molecule has 0 aliphatic rings. The van der Waals surface area contributed by atoms with Crippen LogP contribution in [0.15, 0.2) is 78.9 Å². The topological polar surface area (TPSA) is 38.3 Å². The molecule has 0 saturated heterocycles. The van der Waals surface area contributed by atoms with Crippen molar-refractivity contribution in [2.24, 2.45) is 0 Å². The maximum absolute atomic E-state index is 12.5. The molecular weight excluding hydrogens is 346 g/mol. The molecule has 0 atom stereocenters. The highest BCUT2D eigenvalue weighted by atomic mass is 16.5. The van der Waals surface area contributed by atoms with E-state index < -0.39 is 0 Å². The van der Waals surface area contributed by atoms with Gasteiger partial charge in [-0.25, -0.2) is 0 Å². The average molecular weight is 373 g/mol. The molecule has 0 heterocycles. The number of carbonyl (C=O) groups is 1. The first-order valence-corrected chi connectivity index (χ1v) is 9.70. The van der Waals surface area contributed by atoms with E-state index in [0.717, 1.165) is 16.9 Å². The Labute approximate surface area is 167 Å². The molecule has 0 saturated carbocycles. The van der Waals surface area contributed by atoms with E-state index in [1.165, 1.54) is 11.1 Å². The Bertz CT molecular complexity index is 851. The normalized spacial score (nSPS) is 10.7. The molecule has 1 amide bonds. The van der Waals surface area contributed by atoms with Gasteiger partial charge in [0.2, 0.25) is 5.91 Å². The van der Waals surface area contributed by atoms with Gasteiger partial charge in [0.25, 0.3) is 0 Å². The van der Waals surface area contributed by atoms with Crippen molar-refractivity contribution in [2.75, 3.05) is 13.2 Å². The van der Waals surface area contributed by atoms with Gasteiger partial charge in [-0.3, -0.25) is 4.79 Å². The van der Waals surface area contributed by atoms with E-state index in [2.05, 4.69) is 43.4 Å². The van der Waals surface area contributed by atoms with Crippen LogP contribution in [0, 0.1) is 13.8 Å². The number of ether oxygens (including phenoxy) is 1. The Morgan fingerprint density at radius 1 is 0.857 bits per heavy atom. The molecule has 3 rings (SSSR count). The summed E-state index contributed by atoms with van der Waals surface area (Å²) in [4.78, 5) is 12.5. The monoisotopic (exact) mass is 373 g/mol. The quantitative estimate of drug-likeness (QED) is 0.563. The molecule has 0 unspecified atom stereocenters. The summed E-state index contributed by atoms with van der Waals surface area (Å²) in [5.74, 6) is 0.910. The predicted octanol–water partition coefficient (Wildman–Crippen LogP) is 5.02. The number of rotatable bonds is 8. The van der Waals surface area contributed by atoms with Gasteiger partial charge in [-0.2, -0.15) is 0 Å². The minimum Gasteiger partial charge on any atom is -0.492 e. The minimum absolute atomic E-state index is 0.0291. The molecule has 144 valence electrons. The zero-order valence-corrected chi connectivity index (χ0v) is 16.5. The van der Waals surface area contributed by atoms with Gasteiger partial charge < -0.3 is 10.1 Å². The van der Waals surface area contributed by atoms with Gasteiger partial charge in [0, 0.05) is 12.3 Å². The Kier molecular flexibility index (Phi) is 6.85. The number of carbonyl (C=O) groups excluding carboxylic acids is 1. The lowest BCUT2D eigenvalue weighted by Crippen LogP contribution is -2.29. The second kappa shape index (κ2) is 9.75. The van der Waals surface area contributed by atoms with Crippen LogP contribution in [0.1, 0.15) is 34.6 Å². The van der Waals surface area contributed by atoms with Crippen molar-refractivity contribution in [1.82, 2.24) is 5.32 Å². The number of amides is 1. The summed E-state index contributed by atoms with van der Waals surface area (Å²) in [6.07, 6.45) is 0.414. The maximum Gasteiger partial charge on any atom is 0.221 e. The van der Waals surface area contributed by atoms with Crippen molar-refractivity contribution in [2.45, 2.75) is 26.2 Å². The third kappa shape index (κ3) is 5.46. The summed E-state index contributed by atoms with van der Waals surface area (Å²) in [7, 11) is 0. The van der Waals surface area contributed by atoms with E-state index in [-0.39, 0.29) is 11.8 Å². The fraction of sp³-hybridized carbons (Fsp3) is 0.240. The highest BCUT2D eigenvalue weighted by Crippen LogP contribution is 2.27. The Morgan fingerprint density at radius 3 is 2.04 bits per heavy atom. The molecular formula is C25H27NO2. The van der Waals surface area contributed by atoms with Gasteiger partial charge in [0.1, 0.15) is 12.4 Å². The predicted molar refractivity (Wildman–Crippen MR) is 114 cm³/mol. The zero-order chi connectivity index (χ0) is 19.8. The van der Waals surface area contributed by atoms with Crippen LogP contribution in [-0.2, 0) is 4.79 Å². The fourth-order valence-electron chi connectivity index (χ4n) is 3.22. The molecule has 3 nitrogen and oxygen atoms in total. The Hall–Kier alpha value is -3.07. The van der Waals surface area contributed by atoms with Crippen LogP contribution in [0.5, 0.6) is 5.75 Å². The van der Waals surface area contributed by atoms with Crippen molar-refractivity contribution in [3.05, 3.63) is 101 Å².